The molecule has 0 aromatic heterocycles. The van der Waals surface area contributed by atoms with Gasteiger partial charge >= 0.3 is 6.09 Å². The maximum atomic E-state index is 12.1. The van der Waals surface area contributed by atoms with Crippen LogP contribution in [0, 0.1) is 28.6 Å². The van der Waals surface area contributed by atoms with Crippen molar-refractivity contribution in [1.82, 2.24) is 10.9 Å². The van der Waals surface area contributed by atoms with Gasteiger partial charge in [-0.1, -0.05) is 26.0 Å². The molecule has 9 nitrogen and oxygen atoms in total. The van der Waals surface area contributed by atoms with E-state index < -0.39 is 12.0 Å². The molecule has 0 bridgehead atoms. The summed E-state index contributed by atoms with van der Waals surface area (Å²) in [6, 6.07) is 9.42. The SMILES string of the molecule is CC(C)COC(=O)NNC(=O)c1ccccc1NN=C(C#N)C#N. The molecule has 0 fully saturated rings. The van der Waals surface area contributed by atoms with E-state index in [-0.39, 0.29) is 29.5 Å². The van der Waals surface area contributed by atoms with E-state index in [2.05, 4.69) is 21.4 Å². The molecule has 0 spiro atoms. The van der Waals surface area contributed by atoms with Crippen LogP contribution in [0.5, 0.6) is 0 Å². The quantitative estimate of drug-likeness (QED) is 0.553. The lowest BCUT2D eigenvalue weighted by Crippen LogP contribution is -2.42. The fourth-order valence-corrected chi connectivity index (χ4v) is 1.42. The Kier molecular flexibility index (Phi) is 7.25. The highest BCUT2D eigenvalue weighted by Crippen LogP contribution is 2.14. The first kappa shape index (κ1) is 18.5. The molecule has 3 N–H and O–H groups in total. The summed E-state index contributed by atoms with van der Waals surface area (Å²) in [5.41, 5.74) is 6.80. The molecule has 0 saturated carbocycles. The van der Waals surface area contributed by atoms with Crippen LogP contribution >= 0.6 is 0 Å². The van der Waals surface area contributed by atoms with Gasteiger partial charge in [-0.3, -0.25) is 15.6 Å². The summed E-state index contributed by atoms with van der Waals surface area (Å²) in [7, 11) is 0. The van der Waals surface area contributed by atoms with Gasteiger partial charge in [0, 0.05) is 0 Å². The molecule has 124 valence electrons. The first-order valence-corrected chi connectivity index (χ1v) is 6.94. The van der Waals surface area contributed by atoms with Gasteiger partial charge in [-0.25, -0.2) is 10.2 Å². The number of rotatable bonds is 5. The highest BCUT2D eigenvalue weighted by molar-refractivity contribution is 6.10. The predicted octanol–water partition coefficient (Wildman–Crippen LogP) is 1.53. The number of nitrogens with one attached hydrogen (secondary N) is 3. The minimum absolute atomic E-state index is 0.153. The van der Waals surface area contributed by atoms with E-state index in [9.17, 15) is 9.59 Å². The normalized spacial score (nSPS) is 9.21. The van der Waals surface area contributed by atoms with E-state index in [1.165, 1.54) is 12.1 Å². The first-order chi connectivity index (χ1) is 11.5. The average Bonchev–Trinajstić information content (AvgIpc) is 2.59. The van der Waals surface area contributed by atoms with Crippen LogP contribution in [0.25, 0.3) is 0 Å². The molecule has 1 aromatic carbocycles. The Labute approximate surface area is 138 Å². The topological polar surface area (TPSA) is 139 Å². The monoisotopic (exact) mass is 328 g/mol. The Hall–Kier alpha value is -3.59. The van der Waals surface area contributed by atoms with E-state index in [1.54, 1.807) is 24.3 Å². The summed E-state index contributed by atoms with van der Waals surface area (Å²) < 4.78 is 4.85. The van der Waals surface area contributed by atoms with Crippen molar-refractivity contribution >= 4 is 23.4 Å². The average molecular weight is 328 g/mol. The van der Waals surface area contributed by atoms with E-state index in [0.29, 0.717) is 0 Å². The lowest BCUT2D eigenvalue weighted by molar-refractivity contribution is 0.0902. The minimum Gasteiger partial charge on any atom is -0.448 e. The number of benzene rings is 1. The van der Waals surface area contributed by atoms with E-state index in [1.807, 2.05) is 13.8 Å². The summed E-state index contributed by atoms with van der Waals surface area (Å²) in [6.45, 7) is 3.98. The molecule has 0 aliphatic rings. The molecule has 24 heavy (non-hydrogen) atoms. The summed E-state index contributed by atoms with van der Waals surface area (Å²) >= 11 is 0. The number of nitrogens with zero attached hydrogens (tertiary/aromatic N) is 3. The smallest absolute Gasteiger partial charge is 0.426 e. The largest absolute Gasteiger partial charge is 0.448 e. The van der Waals surface area contributed by atoms with Gasteiger partial charge in [0.15, 0.2) is 0 Å². The number of para-hydroxylation sites is 1. The summed E-state index contributed by atoms with van der Waals surface area (Å²) in [4.78, 5) is 23.5. The van der Waals surface area contributed by atoms with Crippen LogP contribution in [-0.2, 0) is 4.74 Å². The summed E-state index contributed by atoms with van der Waals surface area (Å²) in [5.74, 6) is -0.450. The third-order valence-electron chi connectivity index (χ3n) is 2.50. The molecular weight excluding hydrogens is 312 g/mol. The van der Waals surface area contributed by atoms with Crippen molar-refractivity contribution in [3.05, 3.63) is 29.8 Å². The van der Waals surface area contributed by atoms with Gasteiger partial charge in [0.1, 0.15) is 12.1 Å². The first-order valence-electron chi connectivity index (χ1n) is 6.94. The van der Waals surface area contributed by atoms with Crippen molar-refractivity contribution in [2.75, 3.05) is 12.0 Å². The second kappa shape index (κ2) is 9.43. The van der Waals surface area contributed by atoms with Gasteiger partial charge in [0.2, 0.25) is 5.71 Å². The molecule has 0 heterocycles. The Morgan fingerprint density at radius 1 is 1.21 bits per heavy atom. The number of nitriles is 2. The van der Waals surface area contributed by atoms with E-state index >= 15 is 0 Å². The van der Waals surface area contributed by atoms with Crippen molar-refractivity contribution in [3.8, 4) is 12.1 Å². The zero-order valence-corrected chi connectivity index (χ0v) is 13.2. The molecule has 0 unspecified atom stereocenters. The third kappa shape index (κ3) is 6.03. The van der Waals surface area contributed by atoms with Crippen LogP contribution in [0.2, 0.25) is 0 Å². The zero-order valence-electron chi connectivity index (χ0n) is 13.2. The van der Waals surface area contributed by atoms with Gasteiger partial charge < -0.3 is 4.74 Å². The molecule has 2 amide bonds. The van der Waals surface area contributed by atoms with Crippen LogP contribution in [-0.4, -0.2) is 24.3 Å². The maximum absolute atomic E-state index is 12.1. The second-order valence-corrected chi connectivity index (χ2v) is 4.91. The number of hydrazine groups is 1. The number of ether oxygens (including phenoxy) is 1. The number of hydrazone groups is 1. The molecule has 0 radical (unpaired) electrons. The predicted molar refractivity (Wildman–Crippen MR) is 85.5 cm³/mol. The van der Waals surface area contributed by atoms with Crippen molar-refractivity contribution in [2.24, 2.45) is 11.0 Å². The molecule has 0 atom stereocenters. The van der Waals surface area contributed by atoms with Crippen molar-refractivity contribution < 1.29 is 14.3 Å². The fraction of sp³-hybridized carbons (Fsp3) is 0.267. The van der Waals surface area contributed by atoms with Crippen molar-refractivity contribution in [2.45, 2.75) is 13.8 Å². The number of anilines is 1. The van der Waals surface area contributed by atoms with Crippen LogP contribution in [0.3, 0.4) is 0 Å². The Balaban J connectivity index is 2.72. The summed E-state index contributed by atoms with van der Waals surface area (Å²) in [5, 5.41) is 20.8. The van der Waals surface area contributed by atoms with Crippen molar-refractivity contribution in [3.63, 3.8) is 0 Å². The molecule has 1 rings (SSSR count). The minimum atomic E-state index is -0.781. The van der Waals surface area contributed by atoms with Gasteiger partial charge in [-0.2, -0.15) is 15.6 Å². The van der Waals surface area contributed by atoms with Gasteiger partial charge in [-0.15, -0.1) is 0 Å². The maximum Gasteiger partial charge on any atom is 0.426 e. The van der Waals surface area contributed by atoms with Crippen molar-refractivity contribution in [1.29, 1.82) is 10.5 Å². The van der Waals surface area contributed by atoms with Crippen LogP contribution in [0.1, 0.15) is 24.2 Å². The fourth-order valence-electron chi connectivity index (χ4n) is 1.42. The number of hydrogen-bond donors (Lipinski definition) is 3. The second-order valence-electron chi connectivity index (χ2n) is 4.91. The lowest BCUT2D eigenvalue weighted by atomic mass is 10.2. The number of amides is 2. The van der Waals surface area contributed by atoms with E-state index in [4.69, 9.17) is 15.3 Å². The highest BCUT2D eigenvalue weighted by atomic mass is 16.6. The Morgan fingerprint density at radius 2 is 1.88 bits per heavy atom. The number of carbonyl (C=O) groups excluding carboxylic acids is 2. The lowest BCUT2D eigenvalue weighted by Gasteiger charge is -2.11. The highest BCUT2D eigenvalue weighted by Gasteiger charge is 2.12. The zero-order chi connectivity index (χ0) is 17.9. The van der Waals surface area contributed by atoms with E-state index in [0.717, 1.165) is 0 Å². The molecule has 0 aliphatic heterocycles. The number of hydrogen-bond acceptors (Lipinski definition) is 7. The number of carbonyl (C=O) groups is 2. The molecular formula is C15H16N6O3. The van der Waals surface area contributed by atoms with Gasteiger partial charge in [0.25, 0.3) is 5.91 Å². The summed E-state index contributed by atoms with van der Waals surface area (Å²) in [6.07, 6.45) is -0.781. The standard InChI is InChI=1S/C15H16N6O3/c1-10(2)9-24-15(23)21-20-14(22)12-5-3-4-6-13(12)19-18-11(7-16)8-17/h3-6,10,19H,9H2,1-2H3,(H,20,22)(H,21,23). The van der Waals surface area contributed by atoms with Gasteiger partial charge in [-0.05, 0) is 18.1 Å². The van der Waals surface area contributed by atoms with Crippen LogP contribution in [0.4, 0.5) is 10.5 Å². The van der Waals surface area contributed by atoms with Crippen LogP contribution in [0.15, 0.2) is 29.4 Å². The van der Waals surface area contributed by atoms with Crippen LogP contribution < -0.4 is 16.3 Å². The Morgan fingerprint density at radius 3 is 2.50 bits per heavy atom. The Bertz CT molecular complexity index is 699. The molecule has 1 aromatic rings. The third-order valence-corrected chi connectivity index (χ3v) is 2.50. The van der Waals surface area contributed by atoms with Gasteiger partial charge in [0.05, 0.1) is 17.9 Å². The molecule has 0 aliphatic carbocycles. The molecule has 0 saturated heterocycles. The molecule has 9 heteroatoms.